The molecule has 0 aliphatic rings. The summed E-state index contributed by atoms with van der Waals surface area (Å²) in [6.07, 6.45) is 0.917. The van der Waals surface area contributed by atoms with Crippen molar-refractivity contribution >= 4 is 34.5 Å². The Labute approximate surface area is 120 Å². The van der Waals surface area contributed by atoms with Crippen LogP contribution in [-0.4, -0.2) is 33.6 Å². The molecule has 0 bridgehead atoms. The molecule has 0 saturated heterocycles. The number of carbonyl (C=O) groups is 2. The number of aromatic nitrogens is 2. The lowest BCUT2D eigenvalue weighted by Crippen LogP contribution is -2.22. The first kappa shape index (κ1) is 14.5. The molecule has 1 heterocycles. The number of rotatable bonds is 5. The minimum Gasteiger partial charge on any atom is -0.454 e. The van der Waals surface area contributed by atoms with Gasteiger partial charge in [-0.05, 0) is 26.0 Å². The Hall–Kier alpha value is -1.95. The van der Waals surface area contributed by atoms with Crippen LogP contribution in [0.1, 0.15) is 13.8 Å². The first-order valence-corrected chi connectivity index (χ1v) is 7.09. The molecule has 0 aliphatic heterocycles. The number of Topliss-reactive ketones (excluding diaryl/α,β-unsaturated/α-hetero) is 1. The Morgan fingerprint density at radius 2 is 2.00 bits per heavy atom. The van der Waals surface area contributed by atoms with Crippen molar-refractivity contribution in [2.75, 3.05) is 5.75 Å². The van der Waals surface area contributed by atoms with Crippen LogP contribution in [0.15, 0.2) is 35.5 Å². The highest BCUT2D eigenvalue weighted by Gasteiger charge is 2.14. The summed E-state index contributed by atoms with van der Waals surface area (Å²) in [5.74, 6) is -0.508. The average molecular weight is 290 g/mol. The predicted octanol–water partition coefficient (Wildman–Crippen LogP) is 2.24. The van der Waals surface area contributed by atoms with Crippen LogP contribution in [-0.2, 0) is 14.3 Å². The van der Waals surface area contributed by atoms with E-state index in [0.717, 1.165) is 11.0 Å². The van der Waals surface area contributed by atoms with Crippen molar-refractivity contribution in [3.05, 3.63) is 30.5 Å². The lowest BCUT2D eigenvalue weighted by Gasteiger charge is -2.09. The summed E-state index contributed by atoms with van der Waals surface area (Å²) < 4.78 is 4.96. The Morgan fingerprint density at radius 3 is 2.70 bits per heavy atom. The molecule has 1 atom stereocenters. The molecule has 0 saturated carbocycles. The van der Waals surface area contributed by atoms with Crippen molar-refractivity contribution in [3.63, 3.8) is 0 Å². The van der Waals surface area contributed by atoms with Gasteiger partial charge in [0.1, 0.15) is 5.03 Å². The minimum atomic E-state index is -0.703. The topological polar surface area (TPSA) is 69.2 Å². The standard InChI is InChI=1S/C14H14N2O3S/c1-9(17)10(2)19-14(18)8-20-13-7-15-11-5-3-4-6-12(11)16-13/h3-7,10H,8H2,1-2H3/t10-/m1/s1. The van der Waals surface area contributed by atoms with Crippen LogP contribution in [0.25, 0.3) is 11.0 Å². The molecule has 104 valence electrons. The number of thioether (sulfide) groups is 1. The van der Waals surface area contributed by atoms with E-state index in [9.17, 15) is 9.59 Å². The zero-order valence-corrected chi connectivity index (χ0v) is 12.0. The maximum atomic E-state index is 11.6. The molecule has 20 heavy (non-hydrogen) atoms. The molecule has 1 aromatic carbocycles. The van der Waals surface area contributed by atoms with Crippen LogP contribution in [0.2, 0.25) is 0 Å². The molecule has 0 aliphatic carbocycles. The van der Waals surface area contributed by atoms with Crippen LogP contribution < -0.4 is 0 Å². The summed E-state index contributed by atoms with van der Waals surface area (Å²) in [5, 5.41) is 0.649. The van der Waals surface area contributed by atoms with Crippen molar-refractivity contribution in [3.8, 4) is 0 Å². The number of ether oxygens (including phenoxy) is 1. The smallest absolute Gasteiger partial charge is 0.317 e. The molecule has 2 aromatic rings. The third-order valence-electron chi connectivity index (χ3n) is 2.65. The highest BCUT2D eigenvalue weighted by molar-refractivity contribution is 7.99. The molecule has 0 amide bonds. The third-order valence-corrected chi connectivity index (χ3v) is 3.52. The van der Waals surface area contributed by atoms with Gasteiger partial charge in [0.15, 0.2) is 11.9 Å². The normalized spacial score (nSPS) is 12.1. The van der Waals surface area contributed by atoms with Gasteiger partial charge in [0.25, 0.3) is 0 Å². The second kappa shape index (κ2) is 6.47. The molecule has 0 fully saturated rings. The maximum Gasteiger partial charge on any atom is 0.317 e. The number of esters is 1. The fourth-order valence-corrected chi connectivity index (χ4v) is 2.08. The number of ketones is 1. The molecule has 5 nitrogen and oxygen atoms in total. The SMILES string of the molecule is CC(=O)[C@@H](C)OC(=O)CSc1cnc2ccccc2n1. The van der Waals surface area contributed by atoms with E-state index in [1.54, 1.807) is 13.1 Å². The van der Waals surface area contributed by atoms with E-state index in [1.165, 1.54) is 18.7 Å². The van der Waals surface area contributed by atoms with E-state index in [0.29, 0.717) is 5.03 Å². The van der Waals surface area contributed by atoms with Gasteiger partial charge in [0.05, 0.1) is 23.0 Å². The Morgan fingerprint density at radius 1 is 1.30 bits per heavy atom. The van der Waals surface area contributed by atoms with Gasteiger partial charge in [-0.2, -0.15) is 0 Å². The number of carbonyl (C=O) groups excluding carboxylic acids is 2. The van der Waals surface area contributed by atoms with E-state index in [1.807, 2.05) is 24.3 Å². The van der Waals surface area contributed by atoms with Crippen LogP contribution in [0, 0.1) is 0 Å². The zero-order chi connectivity index (χ0) is 14.5. The van der Waals surface area contributed by atoms with Gasteiger partial charge < -0.3 is 4.74 Å². The maximum absolute atomic E-state index is 11.6. The highest BCUT2D eigenvalue weighted by Crippen LogP contribution is 2.18. The lowest BCUT2D eigenvalue weighted by atomic mass is 10.3. The van der Waals surface area contributed by atoms with E-state index < -0.39 is 12.1 Å². The van der Waals surface area contributed by atoms with E-state index in [2.05, 4.69) is 9.97 Å². The van der Waals surface area contributed by atoms with Crippen LogP contribution in [0.5, 0.6) is 0 Å². The number of hydrogen-bond donors (Lipinski definition) is 0. The molecule has 0 N–H and O–H groups in total. The molecule has 0 radical (unpaired) electrons. The number of para-hydroxylation sites is 2. The van der Waals surface area contributed by atoms with Gasteiger partial charge in [0.2, 0.25) is 0 Å². The van der Waals surface area contributed by atoms with Gasteiger partial charge in [0, 0.05) is 0 Å². The number of nitrogens with zero attached hydrogens (tertiary/aromatic N) is 2. The summed E-state index contributed by atoms with van der Waals surface area (Å²) in [7, 11) is 0. The van der Waals surface area contributed by atoms with E-state index >= 15 is 0 Å². The number of hydrogen-bond acceptors (Lipinski definition) is 6. The van der Waals surface area contributed by atoms with Gasteiger partial charge >= 0.3 is 5.97 Å². The average Bonchev–Trinajstić information content (AvgIpc) is 2.44. The first-order chi connectivity index (χ1) is 9.56. The van der Waals surface area contributed by atoms with Crippen LogP contribution in [0.3, 0.4) is 0 Å². The molecule has 0 spiro atoms. The van der Waals surface area contributed by atoms with Gasteiger partial charge in [-0.15, -0.1) is 0 Å². The largest absolute Gasteiger partial charge is 0.454 e. The molecule has 1 aromatic heterocycles. The van der Waals surface area contributed by atoms with Gasteiger partial charge in [-0.25, -0.2) is 4.98 Å². The minimum absolute atomic E-state index is 0.102. The predicted molar refractivity (Wildman–Crippen MR) is 76.5 cm³/mol. The summed E-state index contributed by atoms with van der Waals surface area (Å²) in [5.41, 5.74) is 1.59. The summed E-state index contributed by atoms with van der Waals surface area (Å²) >= 11 is 1.24. The van der Waals surface area contributed by atoms with Crippen LogP contribution >= 0.6 is 11.8 Å². The van der Waals surface area contributed by atoms with Crippen LogP contribution in [0.4, 0.5) is 0 Å². The molecule has 6 heteroatoms. The fourth-order valence-electron chi connectivity index (χ4n) is 1.46. The Balaban J connectivity index is 1.95. The first-order valence-electron chi connectivity index (χ1n) is 6.11. The zero-order valence-electron chi connectivity index (χ0n) is 11.2. The number of fused-ring (bicyclic) bond motifs is 1. The monoisotopic (exact) mass is 290 g/mol. The quantitative estimate of drug-likeness (QED) is 0.621. The van der Waals surface area contributed by atoms with Crippen molar-refractivity contribution in [2.45, 2.75) is 25.0 Å². The fraction of sp³-hybridized carbons (Fsp3) is 0.286. The molecular formula is C14H14N2O3S. The summed E-state index contributed by atoms with van der Waals surface area (Å²) in [4.78, 5) is 31.2. The molecule has 0 unspecified atom stereocenters. The van der Waals surface area contributed by atoms with Crippen molar-refractivity contribution in [2.24, 2.45) is 0 Å². The van der Waals surface area contributed by atoms with Crippen molar-refractivity contribution in [1.29, 1.82) is 0 Å². The Bertz CT molecular complexity index is 645. The molecular weight excluding hydrogens is 276 g/mol. The third kappa shape index (κ3) is 3.77. The number of benzene rings is 1. The highest BCUT2D eigenvalue weighted by atomic mass is 32.2. The van der Waals surface area contributed by atoms with Gasteiger partial charge in [-0.3, -0.25) is 14.6 Å². The van der Waals surface area contributed by atoms with E-state index in [-0.39, 0.29) is 11.5 Å². The van der Waals surface area contributed by atoms with Crippen molar-refractivity contribution in [1.82, 2.24) is 9.97 Å². The van der Waals surface area contributed by atoms with E-state index in [4.69, 9.17) is 4.74 Å². The molecule has 2 rings (SSSR count). The lowest BCUT2D eigenvalue weighted by molar-refractivity contribution is -0.150. The Kier molecular flexibility index (Phi) is 4.68. The summed E-state index contributed by atoms with van der Waals surface area (Å²) in [6, 6.07) is 7.51. The van der Waals surface area contributed by atoms with Gasteiger partial charge in [-0.1, -0.05) is 23.9 Å². The second-order valence-electron chi connectivity index (χ2n) is 4.23. The summed E-state index contributed by atoms with van der Waals surface area (Å²) in [6.45, 7) is 2.95. The second-order valence-corrected chi connectivity index (χ2v) is 5.22. The van der Waals surface area contributed by atoms with Crippen molar-refractivity contribution < 1.29 is 14.3 Å².